The summed E-state index contributed by atoms with van der Waals surface area (Å²) in [6.45, 7) is 1.59. The van der Waals surface area contributed by atoms with Gasteiger partial charge in [-0.15, -0.1) is 0 Å². The van der Waals surface area contributed by atoms with Gasteiger partial charge in [0.2, 0.25) is 0 Å². The van der Waals surface area contributed by atoms with E-state index in [0.717, 1.165) is 5.39 Å². The predicted octanol–water partition coefficient (Wildman–Crippen LogP) is 2.54. The largest absolute Gasteiger partial charge is 0.451 e. The van der Waals surface area contributed by atoms with E-state index in [4.69, 9.17) is 4.42 Å². The first kappa shape index (κ1) is 15.9. The maximum atomic E-state index is 12.8. The zero-order valence-electron chi connectivity index (χ0n) is 13.9. The molecule has 130 valence electrons. The van der Waals surface area contributed by atoms with Gasteiger partial charge in [0, 0.05) is 5.39 Å². The van der Waals surface area contributed by atoms with Crippen LogP contribution < -0.4 is 10.7 Å². The molecule has 7 heteroatoms. The summed E-state index contributed by atoms with van der Waals surface area (Å²) in [5.74, 6) is -1.24. The first-order chi connectivity index (χ1) is 12.5. The third-order valence-electron chi connectivity index (χ3n) is 4.40. The first-order valence-corrected chi connectivity index (χ1v) is 8.01. The van der Waals surface area contributed by atoms with Crippen molar-refractivity contribution >= 4 is 28.8 Å². The third kappa shape index (κ3) is 2.41. The molecule has 2 N–H and O–H groups in total. The molecule has 1 aromatic heterocycles. The minimum atomic E-state index is -1.25. The number of fused-ring (bicyclic) bond motifs is 1. The topological polar surface area (TPSA) is 91.7 Å². The molecule has 1 aliphatic rings. The van der Waals surface area contributed by atoms with Crippen LogP contribution in [0.25, 0.3) is 11.0 Å². The minimum Gasteiger partial charge on any atom is -0.451 e. The second-order valence-electron chi connectivity index (χ2n) is 6.15. The summed E-state index contributed by atoms with van der Waals surface area (Å²) in [5, 5.41) is 4.06. The molecule has 0 saturated carbocycles. The average Bonchev–Trinajstić information content (AvgIpc) is 3.18. The molecular weight excluding hydrogens is 334 g/mol. The Bertz CT molecular complexity index is 994. The third-order valence-corrected chi connectivity index (χ3v) is 4.40. The summed E-state index contributed by atoms with van der Waals surface area (Å²) < 4.78 is 5.47. The molecule has 2 heterocycles. The number of benzene rings is 2. The molecule has 1 unspecified atom stereocenters. The summed E-state index contributed by atoms with van der Waals surface area (Å²) in [6.07, 6.45) is 0. The number of furan rings is 1. The lowest BCUT2D eigenvalue weighted by Gasteiger charge is -2.21. The Morgan fingerprint density at radius 1 is 1.08 bits per heavy atom. The number of nitrogens with one attached hydrogen (secondary N) is 2. The van der Waals surface area contributed by atoms with Crippen molar-refractivity contribution in [1.82, 2.24) is 15.8 Å². The van der Waals surface area contributed by atoms with E-state index in [0.29, 0.717) is 16.2 Å². The number of rotatable bonds is 3. The SMILES string of the molecule is CC1(c2ccccc2)NC(=O)N(NC(=O)c2cc3ccccc3o2)C1=O. The fraction of sp³-hybridized carbons (Fsp3) is 0.105. The van der Waals surface area contributed by atoms with Crippen molar-refractivity contribution in [3.05, 3.63) is 72.0 Å². The molecule has 0 radical (unpaired) electrons. The van der Waals surface area contributed by atoms with Crippen LogP contribution >= 0.6 is 0 Å². The van der Waals surface area contributed by atoms with Crippen LogP contribution in [0, 0.1) is 0 Å². The second kappa shape index (κ2) is 5.73. The van der Waals surface area contributed by atoms with Gasteiger partial charge in [0.05, 0.1) is 0 Å². The summed E-state index contributed by atoms with van der Waals surface area (Å²) in [5.41, 5.74) is 2.24. The van der Waals surface area contributed by atoms with Crippen molar-refractivity contribution < 1.29 is 18.8 Å². The number of urea groups is 1. The van der Waals surface area contributed by atoms with E-state index in [9.17, 15) is 14.4 Å². The summed E-state index contributed by atoms with van der Waals surface area (Å²) >= 11 is 0. The van der Waals surface area contributed by atoms with E-state index in [1.165, 1.54) is 0 Å². The van der Waals surface area contributed by atoms with Gasteiger partial charge in [-0.05, 0) is 24.6 Å². The highest BCUT2D eigenvalue weighted by atomic mass is 16.3. The molecule has 3 aromatic rings. The van der Waals surface area contributed by atoms with Gasteiger partial charge in [-0.1, -0.05) is 48.5 Å². The van der Waals surface area contributed by atoms with E-state index < -0.39 is 23.4 Å². The molecule has 1 saturated heterocycles. The number of amides is 4. The van der Waals surface area contributed by atoms with Gasteiger partial charge in [-0.2, -0.15) is 5.01 Å². The smallest absolute Gasteiger partial charge is 0.344 e. The molecule has 1 atom stereocenters. The molecule has 26 heavy (non-hydrogen) atoms. The maximum absolute atomic E-state index is 12.8. The predicted molar refractivity (Wildman–Crippen MR) is 92.9 cm³/mol. The van der Waals surface area contributed by atoms with E-state index in [1.807, 2.05) is 12.1 Å². The van der Waals surface area contributed by atoms with Gasteiger partial charge in [0.1, 0.15) is 11.1 Å². The number of nitrogens with zero attached hydrogens (tertiary/aromatic N) is 1. The molecule has 7 nitrogen and oxygen atoms in total. The molecule has 0 spiro atoms. The quantitative estimate of drug-likeness (QED) is 0.711. The van der Waals surface area contributed by atoms with Crippen molar-refractivity contribution in [3.8, 4) is 0 Å². The summed E-state index contributed by atoms with van der Waals surface area (Å²) in [7, 11) is 0. The number of carbonyl (C=O) groups excluding carboxylic acids is 3. The fourth-order valence-corrected chi connectivity index (χ4v) is 2.96. The van der Waals surface area contributed by atoms with Crippen LogP contribution in [0.3, 0.4) is 0 Å². The maximum Gasteiger partial charge on any atom is 0.344 e. The Labute approximate surface area is 148 Å². The van der Waals surface area contributed by atoms with Crippen LogP contribution in [-0.4, -0.2) is 22.9 Å². The van der Waals surface area contributed by atoms with Crippen molar-refractivity contribution in [2.45, 2.75) is 12.5 Å². The molecule has 4 amide bonds. The Morgan fingerprint density at radius 3 is 2.50 bits per heavy atom. The highest BCUT2D eigenvalue weighted by Gasteiger charge is 2.50. The molecule has 0 bridgehead atoms. The molecule has 0 aliphatic carbocycles. The number of hydrogen-bond donors (Lipinski definition) is 2. The fourth-order valence-electron chi connectivity index (χ4n) is 2.96. The Morgan fingerprint density at radius 2 is 1.77 bits per heavy atom. The molecule has 1 fully saturated rings. The lowest BCUT2D eigenvalue weighted by Crippen LogP contribution is -2.47. The molecule has 4 rings (SSSR count). The van der Waals surface area contributed by atoms with E-state index >= 15 is 0 Å². The van der Waals surface area contributed by atoms with Gasteiger partial charge in [0.15, 0.2) is 5.76 Å². The molecular formula is C19H15N3O4. The zero-order chi connectivity index (χ0) is 18.3. The van der Waals surface area contributed by atoms with Gasteiger partial charge in [-0.25, -0.2) is 10.2 Å². The van der Waals surface area contributed by atoms with Crippen molar-refractivity contribution in [3.63, 3.8) is 0 Å². The van der Waals surface area contributed by atoms with E-state index in [2.05, 4.69) is 10.7 Å². The Balaban J connectivity index is 1.59. The lowest BCUT2D eigenvalue weighted by atomic mass is 9.92. The summed E-state index contributed by atoms with van der Waals surface area (Å²) in [4.78, 5) is 37.5. The number of hydrazine groups is 1. The Kier molecular flexibility index (Phi) is 3.50. The van der Waals surface area contributed by atoms with Crippen LogP contribution in [0.2, 0.25) is 0 Å². The molecule has 2 aromatic carbocycles. The molecule has 1 aliphatic heterocycles. The zero-order valence-corrected chi connectivity index (χ0v) is 13.9. The van der Waals surface area contributed by atoms with Gasteiger partial charge in [-0.3, -0.25) is 9.59 Å². The number of carbonyl (C=O) groups is 3. The van der Waals surface area contributed by atoms with Crippen molar-refractivity contribution in [2.24, 2.45) is 0 Å². The van der Waals surface area contributed by atoms with E-state index in [-0.39, 0.29) is 5.76 Å². The average molecular weight is 349 g/mol. The number of hydrogen-bond acceptors (Lipinski definition) is 4. The monoisotopic (exact) mass is 349 g/mol. The van der Waals surface area contributed by atoms with Crippen molar-refractivity contribution in [1.29, 1.82) is 0 Å². The number of para-hydroxylation sites is 1. The van der Waals surface area contributed by atoms with Crippen molar-refractivity contribution in [2.75, 3.05) is 0 Å². The highest BCUT2D eigenvalue weighted by Crippen LogP contribution is 2.28. The Hall–Kier alpha value is -3.61. The van der Waals surface area contributed by atoms with Crippen LogP contribution in [0.15, 0.2) is 65.1 Å². The van der Waals surface area contributed by atoms with Gasteiger partial charge < -0.3 is 9.73 Å². The first-order valence-electron chi connectivity index (χ1n) is 8.01. The van der Waals surface area contributed by atoms with Gasteiger partial charge >= 0.3 is 11.9 Å². The summed E-state index contributed by atoms with van der Waals surface area (Å²) in [6, 6.07) is 16.8. The van der Waals surface area contributed by atoms with Crippen LogP contribution in [0.5, 0.6) is 0 Å². The second-order valence-corrected chi connectivity index (χ2v) is 6.15. The standard InChI is InChI=1S/C19H15N3O4/c1-19(13-8-3-2-4-9-13)17(24)22(18(25)20-19)21-16(23)15-11-12-7-5-6-10-14(12)26-15/h2-11H,1H3,(H,20,25)(H,21,23). The number of imide groups is 1. The minimum absolute atomic E-state index is 0.0140. The van der Waals surface area contributed by atoms with Gasteiger partial charge in [0.25, 0.3) is 5.91 Å². The van der Waals surface area contributed by atoms with Crippen LogP contribution in [-0.2, 0) is 10.3 Å². The normalized spacial score (nSPS) is 19.7. The van der Waals surface area contributed by atoms with E-state index in [1.54, 1.807) is 55.5 Å². The van der Waals surface area contributed by atoms with Crippen LogP contribution in [0.4, 0.5) is 4.79 Å². The van der Waals surface area contributed by atoms with Crippen LogP contribution in [0.1, 0.15) is 23.0 Å². The highest BCUT2D eigenvalue weighted by molar-refractivity contribution is 6.09. The lowest BCUT2D eigenvalue weighted by molar-refractivity contribution is -0.132.